The van der Waals surface area contributed by atoms with E-state index in [9.17, 15) is 13.2 Å². The summed E-state index contributed by atoms with van der Waals surface area (Å²) in [7, 11) is -3.63. The van der Waals surface area contributed by atoms with Crippen LogP contribution >= 0.6 is 0 Å². The van der Waals surface area contributed by atoms with E-state index in [1.165, 1.54) is 23.6 Å². The van der Waals surface area contributed by atoms with Gasteiger partial charge in [0.2, 0.25) is 15.9 Å². The van der Waals surface area contributed by atoms with Gasteiger partial charge in [0, 0.05) is 36.6 Å². The SMILES string of the molecule is CC1CCCCC1NC(=O)C1CCN(S(=O)(=O)c2cccc3cccnc23)CC1. The molecule has 1 saturated heterocycles. The van der Waals surface area contributed by atoms with Crippen molar-refractivity contribution in [2.75, 3.05) is 13.1 Å². The molecule has 156 valence electrons. The number of rotatable bonds is 4. The van der Waals surface area contributed by atoms with Crippen LogP contribution < -0.4 is 5.32 Å². The number of sulfonamides is 1. The number of piperidine rings is 1. The first-order valence-corrected chi connectivity index (χ1v) is 12.0. The lowest BCUT2D eigenvalue weighted by molar-refractivity contribution is -0.127. The maximum absolute atomic E-state index is 13.2. The number of carbonyl (C=O) groups excluding carboxylic acids is 1. The lowest BCUT2D eigenvalue weighted by Gasteiger charge is -2.34. The van der Waals surface area contributed by atoms with E-state index in [0.29, 0.717) is 37.4 Å². The van der Waals surface area contributed by atoms with Gasteiger partial charge in [-0.25, -0.2) is 8.42 Å². The lowest BCUT2D eigenvalue weighted by Crippen LogP contribution is -2.47. The second-order valence-electron chi connectivity index (χ2n) is 8.39. The Morgan fingerprint density at radius 3 is 2.55 bits per heavy atom. The molecule has 2 fully saturated rings. The Labute approximate surface area is 172 Å². The molecular weight excluding hydrogens is 386 g/mol. The maximum Gasteiger partial charge on any atom is 0.245 e. The highest BCUT2D eigenvalue weighted by Crippen LogP contribution is 2.29. The van der Waals surface area contributed by atoms with Crippen molar-refractivity contribution in [3.8, 4) is 0 Å². The summed E-state index contributed by atoms with van der Waals surface area (Å²) in [6, 6.07) is 9.17. The number of amides is 1. The van der Waals surface area contributed by atoms with E-state index in [4.69, 9.17) is 0 Å². The fourth-order valence-corrected chi connectivity index (χ4v) is 6.25. The number of aromatic nitrogens is 1. The number of pyridine rings is 1. The molecule has 2 unspecified atom stereocenters. The Bertz CT molecular complexity index is 978. The molecule has 7 heteroatoms. The van der Waals surface area contributed by atoms with E-state index in [-0.39, 0.29) is 22.8 Å². The molecule has 1 aliphatic heterocycles. The summed E-state index contributed by atoms with van der Waals surface area (Å²) in [4.78, 5) is 17.3. The molecule has 1 N–H and O–H groups in total. The van der Waals surface area contributed by atoms with Gasteiger partial charge in [-0.15, -0.1) is 0 Å². The Hall–Kier alpha value is -1.99. The molecule has 1 aromatic carbocycles. The molecule has 1 saturated carbocycles. The predicted molar refractivity (Wildman–Crippen MR) is 113 cm³/mol. The van der Waals surface area contributed by atoms with Crippen LogP contribution in [0.25, 0.3) is 10.9 Å². The minimum atomic E-state index is -3.63. The van der Waals surface area contributed by atoms with Crippen molar-refractivity contribution in [1.29, 1.82) is 0 Å². The molecule has 0 radical (unpaired) electrons. The molecule has 2 atom stereocenters. The summed E-state index contributed by atoms with van der Waals surface area (Å²) in [6.07, 6.45) is 7.37. The van der Waals surface area contributed by atoms with Gasteiger partial charge in [-0.05, 0) is 43.7 Å². The molecule has 4 rings (SSSR count). The number of hydrogen-bond donors (Lipinski definition) is 1. The van der Waals surface area contributed by atoms with E-state index < -0.39 is 10.0 Å². The monoisotopic (exact) mass is 415 g/mol. The summed E-state index contributed by atoms with van der Waals surface area (Å²) in [6.45, 7) is 2.94. The van der Waals surface area contributed by atoms with E-state index in [2.05, 4.69) is 17.2 Å². The van der Waals surface area contributed by atoms with Crippen LogP contribution in [0.15, 0.2) is 41.4 Å². The molecule has 2 aromatic rings. The first-order chi connectivity index (χ1) is 14.0. The third-order valence-electron chi connectivity index (χ3n) is 6.48. The minimum Gasteiger partial charge on any atom is -0.353 e. The number of para-hydroxylation sites is 1. The van der Waals surface area contributed by atoms with E-state index in [1.807, 2.05) is 12.1 Å². The Morgan fingerprint density at radius 1 is 1.07 bits per heavy atom. The topological polar surface area (TPSA) is 79.4 Å². The average Bonchev–Trinajstić information content (AvgIpc) is 2.75. The van der Waals surface area contributed by atoms with Gasteiger partial charge in [0.15, 0.2) is 0 Å². The molecule has 6 nitrogen and oxygen atoms in total. The summed E-state index contributed by atoms with van der Waals surface area (Å²) < 4.78 is 27.9. The highest BCUT2D eigenvalue weighted by molar-refractivity contribution is 7.89. The quantitative estimate of drug-likeness (QED) is 0.831. The molecule has 2 heterocycles. The normalized spacial score (nSPS) is 24.4. The van der Waals surface area contributed by atoms with Gasteiger partial charge in [-0.2, -0.15) is 4.31 Å². The maximum atomic E-state index is 13.2. The largest absolute Gasteiger partial charge is 0.353 e. The van der Waals surface area contributed by atoms with Crippen LogP contribution in [0.3, 0.4) is 0 Å². The second-order valence-corrected chi connectivity index (χ2v) is 10.3. The number of fused-ring (bicyclic) bond motifs is 1. The summed E-state index contributed by atoms with van der Waals surface area (Å²) in [5.41, 5.74) is 0.501. The third-order valence-corrected chi connectivity index (χ3v) is 8.41. The molecule has 0 bridgehead atoms. The number of benzene rings is 1. The Morgan fingerprint density at radius 2 is 1.79 bits per heavy atom. The molecule has 0 spiro atoms. The van der Waals surface area contributed by atoms with Gasteiger partial charge in [0.25, 0.3) is 0 Å². The van der Waals surface area contributed by atoms with Gasteiger partial charge in [-0.3, -0.25) is 9.78 Å². The van der Waals surface area contributed by atoms with Crippen LogP contribution in [-0.4, -0.2) is 42.7 Å². The number of carbonyl (C=O) groups is 1. The molecule has 29 heavy (non-hydrogen) atoms. The molecule has 2 aliphatic rings. The highest BCUT2D eigenvalue weighted by Gasteiger charge is 2.34. The number of nitrogens with zero attached hydrogens (tertiary/aromatic N) is 2. The van der Waals surface area contributed by atoms with Gasteiger partial charge in [0.1, 0.15) is 4.90 Å². The standard InChI is InChI=1S/C22H29N3O3S/c1-16-6-2-3-9-19(16)24-22(26)18-11-14-25(15-12-18)29(27,28)20-10-4-7-17-8-5-13-23-21(17)20/h4-5,7-8,10,13,16,18-19H,2-3,6,9,11-12,14-15H2,1H3,(H,24,26). The zero-order chi connectivity index (χ0) is 20.4. The molecular formula is C22H29N3O3S. The smallest absolute Gasteiger partial charge is 0.245 e. The zero-order valence-electron chi connectivity index (χ0n) is 16.9. The summed E-state index contributed by atoms with van der Waals surface area (Å²) in [5, 5.41) is 4.04. The van der Waals surface area contributed by atoms with Gasteiger partial charge in [-0.1, -0.05) is 38.0 Å². The van der Waals surface area contributed by atoms with Crippen LogP contribution in [0.5, 0.6) is 0 Å². The van der Waals surface area contributed by atoms with Crippen molar-refractivity contribution < 1.29 is 13.2 Å². The summed E-state index contributed by atoms with van der Waals surface area (Å²) >= 11 is 0. The van der Waals surface area contributed by atoms with Gasteiger partial charge >= 0.3 is 0 Å². The van der Waals surface area contributed by atoms with E-state index in [1.54, 1.807) is 24.4 Å². The van der Waals surface area contributed by atoms with Crippen molar-refractivity contribution in [1.82, 2.24) is 14.6 Å². The number of nitrogens with one attached hydrogen (secondary N) is 1. The van der Waals surface area contributed by atoms with Crippen LogP contribution in [0.2, 0.25) is 0 Å². The van der Waals surface area contributed by atoms with Crippen molar-refractivity contribution in [2.24, 2.45) is 11.8 Å². The second kappa shape index (κ2) is 8.40. The molecule has 1 aliphatic carbocycles. The van der Waals surface area contributed by atoms with Gasteiger partial charge in [0.05, 0.1) is 5.52 Å². The highest BCUT2D eigenvalue weighted by atomic mass is 32.2. The first-order valence-electron chi connectivity index (χ1n) is 10.6. The van der Waals surface area contributed by atoms with E-state index >= 15 is 0 Å². The first kappa shape index (κ1) is 20.3. The third kappa shape index (κ3) is 4.16. The van der Waals surface area contributed by atoms with Crippen LogP contribution in [0.1, 0.15) is 45.4 Å². The Kier molecular flexibility index (Phi) is 5.88. The van der Waals surface area contributed by atoms with Crippen molar-refractivity contribution in [2.45, 2.75) is 56.4 Å². The van der Waals surface area contributed by atoms with Crippen molar-refractivity contribution >= 4 is 26.8 Å². The predicted octanol–water partition coefficient (Wildman–Crippen LogP) is 3.33. The van der Waals surface area contributed by atoms with Gasteiger partial charge < -0.3 is 5.32 Å². The van der Waals surface area contributed by atoms with Crippen LogP contribution in [0, 0.1) is 11.8 Å². The van der Waals surface area contributed by atoms with Crippen LogP contribution in [-0.2, 0) is 14.8 Å². The Balaban J connectivity index is 1.43. The van der Waals surface area contributed by atoms with E-state index in [0.717, 1.165) is 11.8 Å². The average molecular weight is 416 g/mol. The zero-order valence-corrected chi connectivity index (χ0v) is 17.7. The summed E-state index contributed by atoms with van der Waals surface area (Å²) in [5.74, 6) is 0.501. The molecule has 1 amide bonds. The fourth-order valence-electron chi connectivity index (χ4n) is 4.61. The minimum absolute atomic E-state index is 0.0904. The lowest BCUT2D eigenvalue weighted by atomic mass is 9.85. The van der Waals surface area contributed by atoms with Crippen molar-refractivity contribution in [3.05, 3.63) is 36.5 Å². The number of hydrogen-bond acceptors (Lipinski definition) is 4. The van der Waals surface area contributed by atoms with Crippen LogP contribution in [0.4, 0.5) is 0 Å². The molecule has 1 aromatic heterocycles. The fraction of sp³-hybridized carbons (Fsp3) is 0.545. The van der Waals surface area contributed by atoms with Crippen molar-refractivity contribution in [3.63, 3.8) is 0 Å².